The van der Waals surface area contributed by atoms with Crippen LogP contribution in [0.4, 0.5) is 0 Å². The molecule has 2 heterocycles. The third-order valence-electron chi connectivity index (χ3n) is 6.26. The molecule has 0 spiro atoms. The monoisotopic (exact) mass is 387 g/mol. The standard InChI is InChI=1S/C24H25N3O2/c1-14(2)29-23-12-19-17(9-15(23)3)11-22-18(19)5-4-8-27(22)24(28)16-6-7-20-21(10-16)26-13-25-20/h6-7,9-10,12-13,18,22H,1,4-5,8,11H2,2-3H3,(H,25,26)/t18-,22+/m1/s1. The molecule has 2 atom stereocenters. The first-order valence-corrected chi connectivity index (χ1v) is 10.2. The van der Waals surface area contributed by atoms with E-state index in [2.05, 4.69) is 40.5 Å². The van der Waals surface area contributed by atoms with Crippen LogP contribution >= 0.6 is 0 Å². The molecule has 5 nitrogen and oxygen atoms in total. The minimum Gasteiger partial charge on any atom is -0.462 e. The average Bonchev–Trinajstić information content (AvgIpc) is 3.30. The highest BCUT2D eigenvalue weighted by atomic mass is 16.5. The van der Waals surface area contributed by atoms with Gasteiger partial charge in [0.1, 0.15) is 5.75 Å². The van der Waals surface area contributed by atoms with E-state index in [0.717, 1.165) is 53.7 Å². The second kappa shape index (κ2) is 6.76. The number of carbonyl (C=O) groups excluding carboxylic acids is 1. The van der Waals surface area contributed by atoms with Crippen molar-refractivity contribution < 1.29 is 9.53 Å². The second-order valence-electron chi connectivity index (χ2n) is 8.27. The summed E-state index contributed by atoms with van der Waals surface area (Å²) in [4.78, 5) is 22.8. The summed E-state index contributed by atoms with van der Waals surface area (Å²) in [5.41, 5.74) is 6.30. The number of piperidine rings is 1. The van der Waals surface area contributed by atoms with Crippen LogP contribution in [-0.4, -0.2) is 33.4 Å². The van der Waals surface area contributed by atoms with E-state index in [1.807, 2.05) is 25.1 Å². The van der Waals surface area contributed by atoms with E-state index in [4.69, 9.17) is 4.74 Å². The van der Waals surface area contributed by atoms with E-state index < -0.39 is 0 Å². The fourth-order valence-electron chi connectivity index (χ4n) is 4.97. The van der Waals surface area contributed by atoms with Crippen LogP contribution in [0.2, 0.25) is 0 Å². The predicted molar refractivity (Wildman–Crippen MR) is 113 cm³/mol. The number of hydrogen-bond donors (Lipinski definition) is 1. The minimum absolute atomic E-state index is 0.110. The maximum atomic E-state index is 13.4. The lowest BCUT2D eigenvalue weighted by atomic mass is 9.88. The van der Waals surface area contributed by atoms with Gasteiger partial charge in [0.25, 0.3) is 5.91 Å². The zero-order valence-electron chi connectivity index (χ0n) is 16.9. The zero-order chi connectivity index (χ0) is 20.1. The van der Waals surface area contributed by atoms with Gasteiger partial charge in [0.2, 0.25) is 0 Å². The number of rotatable bonds is 3. The lowest BCUT2D eigenvalue weighted by Crippen LogP contribution is -2.46. The Hall–Kier alpha value is -3.08. The number of likely N-dealkylation sites (tertiary alicyclic amines) is 1. The number of allylic oxidation sites excluding steroid dienone is 1. The number of aromatic amines is 1. The summed E-state index contributed by atoms with van der Waals surface area (Å²) in [6, 6.07) is 10.3. The molecule has 0 bridgehead atoms. The Morgan fingerprint density at radius 2 is 2.17 bits per heavy atom. The molecule has 1 amide bonds. The molecule has 5 rings (SSSR count). The number of carbonyl (C=O) groups is 1. The number of nitrogens with one attached hydrogen (secondary N) is 1. The van der Waals surface area contributed by atoms with E-state index in [1.54, 1.807) is 6.33 Å². The number of imidazole rings is 1. The molecule has 1 N–H and O–H groups in total. The van der Waals surface area contributed by atoms with Gasteiger partial charge < -0.3 is 14.6 Å². The van der Waals surface area contributed by atoms with Gasteiger partial charge in [-0.05, 0) is 74.1 Å². The molecule has 1 aromatic heterocycles. The second-order valence-corrected chi connectivity index (χ2v) is 8.27. The number of hydrogen-bond acceptors (Lipinski definition) is 3. The molecule has 3 aromatic rings. The molecule has 1 saturated heterocycles. The summed E-state index contributed by atoms with van der Waals surface area (Å²) >= 11 is 0. The third kappa shape index (κ3) is 3.01. The van der Waals surface area contributed by atoms with Crippen molar-refractivity contribution in [3.63, 3.8) is 0 Å². The van der Waals surface area contributed by atoms with Gasteiger partial charge in [0.15, 0.2) is 0 Å². The van der Waals surface area contributed by atoms with Crippen molar-refractivity contribution in [2.24, 2.45) is 0 Å². The smallest absolute Gasteiger partial charge is 0.254 e. The van der Waals surface area contributed by atoms with Gasteiger partial charge in [0, 0.05) is 24.1 Å². The molecule has 5 heteroatoms. The molecule has 0 unspecified atom stereocenters. The van der Waals surface area contributed by atoms with Crippen LogP contribution in [0.25, 0.3) is 11.0 Å². The van der Waals surface area contributed by atoms with E-state index in [-0.39, 0.29) is 11.9 Å². The molecule has 1 aliphatic carbocycles. The fraction of sp³-hybridized carbons (Fsp3) is 0.333. The summed E-state index contributed by atoms with van der Waals surface area (Å²) in [5, 5.41) is 0. The van der Waals surface area contributed by atoms with Crippen molar-refractivity contribution in [1.29, 1.82) is 0 Å². The molecule has 1 aliphatic heterocycles. The Labute approximate surface area is 170 Å². The SMILES string of the molecule is C=C(C)Oc1cc2c(cc1C)C[C@H]1[C@@H]2CCCN1C(=O)c1ccc2nc[nH]c2c1. The molecule has 1 fully saturated rings. The van der Waals surface area contributed by atoms with E-state index in [1.165, 1.54) is 11.1 Å². The van der Waals surface area contributed by atoms with Crippen molar-refractivity contribution in [1.82, 2.24) is 14.9 Å². The molecule has 29 heavy (non-hydrogen) atoms. The van der Waals surface area contributed by atoms with E-state index >= 15 is 0 Å². The van der Waals surface area contributed by atoms with Crippen molar-refractivity contribution in [3.8, 4) is 5.75 Å². The van der Waals surface area contributed by atoms with Crippen molar-refractivity contribution in [2.75, 3.05) is 6.54 Å². The molecule has 148 valence electrons. The number of fused-ring (bicyclic) bond motifs is 4. The summed E-state index contributed by atoms with van der Waals surface area (Å²) in [6.45, 7) is 8.62. The molecule has 0 radical (unpaired) electrons. The average molecular weight is 387 g/mol. The van der Waals surface area contributed by atoms with Crippen LogP contribution in [-0.2, 0) is 6.42 Å². The first-order valence-electron chi connectivity index (χ1n) is 10.2. The Kier molecular flexibility index (Phi) is 4.19. The lowest BCUT2D eigenvalue weighted by molar-refractivity contribution is 0.0595. The van der Waals surface area contributed by atoms with Gasteiger partial charge in [-0.2, -0.15) is 0 Å². The van der Waals surface area contributed by atoms with Crippen LogP contribution in [0.15, 0.2) is 49.0 Å². The van der Waals surface area contributed by atoms with Crippen molar-refractivity contribution in [2.45, 2.75) is 45.1 Å². The number of ether oxygens (including phenoxy) is 1. The summed E-state index contributed by atoms with van der Waals surface area (Å²) in [7, 11) is 0. The normalized spacial score (nSPS) is 20.4. The van der Waals surface area contributed by atoms with E-state index in [9.17, 15) is 4.79 Å². The van der Waals surface area contributed by atoms with Crippen LogP contribution in [0.5, 0.6) is 5.75 Å². The van der Waals surface area contributed by atoms with Crippen LogP contribution in [0.3, 0.4) is 0 Å². The Bertz CT molecular complexity index is 1130. The molecular weight excluding hydrogens is 362 g/mol. The first-order chi connectivity index (χ1) is 14.0. The fourth-order valence-corrected chi connectivity index (χ4v) is 4.97. The summed E-state index contributed by atoms with van der Waals surface area (Å²) in [5.74, 6) is 2.05. The number of nitrogens with zero attached hydrogens (tertiary/aromatic N) is 2. The highest BCUT2D eigenvalue weighted by Crippen LogP contribution is 2.44. The molecule has 0 saturated carbocycles. The largest absolute Gasteiger partial charge is 0.462 e. The zero-order valence-corrected chi connectivity index (χ0v) is 16.9. The minimum atomic E-state index is 0.110. The van der Waals surface area contributed by atoms with Crippen LogP contribution in [0.1, 0.15) is 52.7 Å². The maximum absolute atomic E-state index is 13.4. The van der Waals surface area contributed by atoms with Gasteiger partial charge >= 0.3 is 0 Å². The Balaban J connectivity index is 1.46. The lowest BCUT2D eigenvalue weighted by Gasteiger charge is -2.38. The topological polar surface area (TPSA) is 58.2 Å². The van der Waals surface area contributed by atoms with Gasteiger partial charge in [-0.3, -0.25) is 4.79 Å². The highest BCUT2D eigenvalue weighted by Gasteiger charge is 2.41. The number of aromatic nitrogens is 2. The Morgan fingerprint density at radius 1 is 1.31 bits per heavy atom. The number of amides is 1. The molecule has 2 aromatic carbocycles. The Morgan fingerprint density at radius 3 is 3.00 bits per heavy atom. The van der Waals surface area contributed by atoms with Crippen LogP contribution in [0, 0.1) is 6.92 Å². The van der Waals surface area contributed by atoms with Gasteiger partial charge in [-0.1, -0.05) is 12.6 Å². The highest BCUT2D eigenvalue weighted by molar-refractivity contribution is 5.97. The third-order valence-corrected chi connectivity index (χ3v) is 6.26. The van der Waals surface area contributed by atoms with Crippen LogP contribution < -0.4 is 4.74 Å². The van der Waals surface area contributed by atoms with Crippen molar-refractivity contribution in [3.05, 3.63) is 71.3 Å². The maximum Gasteiger partial charge on any atom is 0.254 e. The van der Waals surface area contributed by atoms with Gasteiger partial charge in [-0.25, -0.2) is 4.98 Å². The molecular formula is C24H25N3O2. The quantitative estimate of drug-likeness (QED) is 0.661. The van der Waals surface area contributed by atoms with Crippen molar-refractivity contribution >= 4 is 16.9 Å². The first kappa shape index (κ1) is 18.0. The van der Waals surface area contributed by atoms with Gasteiger partial charge in [0.05, 0.1) is 23.1 Å². The summed E-state index contributed by atoms with van der Waals surface area (Å²) < 4.78 is 5.84. The number of aryl methyl sites for hydroxylation is 1. The predicted octanol–water partition coefficient (Wildman–Crippen LogP) is 4.73. The molecule has 2 aliphatic rings. The number of benzene rings is 2. The number of H-pyrrole nitrogens is 1. The van der Waals surface area contributed by atoms with E-state index in [0.29, 0.717) is 11.7 Å². The summed E-state index contributed by atoms with van der Waals surface area (Å²) in [6.07, 6.45) is 4.70. The van der Waals surface area contributed by atoms with Gasteiger partial charge in [-0.15, -0.1) is 0 Å².